The maximum absolute atomic E-state index is 12.1. The van der Waals surface area contributed by atoms with Crippen molar-refractivity contribution < 1.29 is 4.79 Å². The zero-order valence-corrected chi connectivity index (χ0v) is 12.6. The normalized spacial score (nSPS) is 20.4. The van der Waals surface area contributed by atoms with E-state index in [-0.39, 0.29) is 11.9 Å². The number of alkyl halides is 1. The molecule has 1 aliphatic rings. The number of nitrogens with one attached hydrogen (secondary N) is 1. The third kappa shape index (κ3) is 2.93. The van der Waals surface area contributed by atoms with Crippen molar-refractivity contribution in [2.45, 2.75) is 23.7 Å². The Morgan fingerprint density at radius 1 is 1.10 bits per heavy atom. The van der Waals surface area contributed by atoms with Crippen molar-refractivity contribution in [3.63, 3.8) is 0 Å². The van der Waals surface area contributed by atoms with Gasteiger partial charge in [0.05, 0.1) is 0 Å². The number of carbonyl (C=O) groups is 1. The van der Waals surface area contributed by atoms with E-state index >= 15 is 0 Å². The van der Waals surface area contributed by atoms with Crippen LogP contribution in [0.2, 0.25) is 0 Å². The van der Waals surface area contributed by atoms with E-state index in [9.17, 15) is 4.79 Å². The summed E-state index contributed by atoms with van der Waals surface area (Å²) < 4.78 is 0. The molecule has 1 amide bonds. The molecule has 0 radical (unpaired) electrons. The molecule has 2 nitrogen and oxygen atoms in total. The van der Waals surface area contributed by atoms with Crippen LogP contribution in [0.25, 0.3) is 0 Å². The summed E-state index contributed by atoms with van der Waals surface area (Å²) in [6, 6.07) is 18.4. The Morgan fingerprint density at radius 3 is 2.45 bits per heavy atom. The summed E-state index contributed by atoms with van der Waals surface area (Å²) in [4.78, 5) is 12.1. The molecule has 1 N–H and O–H groups in total. The van der Waals surface area contributed by atoms with E-state index in [1.54, 1.807) is 0 Å². The summed E-state index contributed by atoms with van der Waals surface area (Å²) in [6.45, 7) is 0. The molecule has 0 aliphatic heterocycles. The van der Waals surface area contributed by atoms with E-state index < -0.39 is 0 Å². The van der Waals surface area contributed by atoms with E-state index in [0.29, 0.717) is 5.92 Å². The minimum atomic E-state index is 0.0227. The molecule has 1 saturated carbocycles. The van der Waals surface area contributed by atoms with Gasteiger partial charge >= 0.3 is 0 Å². The Bertz CT molecular complexity index is 594. The predicted molar refractivity (Wildman–Crippen MR) is 84.1 cm³/mol. The molecule has 1 fully saturated rings. The number of rotatable bonds is 4. The molecule has 3 rings (SSSR count). The van der Waals surface area contributed by atoms with Gasteiger partial charge in [0, 0.05) is 22.9 Å². The van der Waals surface area contributed by atoms with E-state index in [4.69, 9.17) is 0 Å². The SMILES string of the molecule is O=C(NC1CC1c1ccccc1)c1ccc(CBr)cc1. The molecule has 0 aromatic heterocycles. The number of amides is 1. The van der Waals surface area contributed by atoms with Crippen LogP contribution in [0.3, 0.4) is 0 Å². The van der Waals surface area contributed by atoms with Crippen LogP contribution < -0.4 is 5.32 Å². The average molecular weight is 330 g/mol. The third-order valence-electron chi connectivity index (χ3n) is 3.71. The first-order valence-electron chi connectivity index (χ1n) is 6.78. The number of halogens is 1. The highest BCUT2D eigenvalue weighted by atomic mass is 79.9. The van der Waals surface area contributed by atoms with Crippen molar-refractivity contribution in [2.75, 3.05) is 0 Å². The predicted octanol–water partition coefficient (Wildman–Crippen LogP) is 3.87. The largest absolute Gasteiger partial charge is 0.349 e. The molecular formula is C17H16BrNO. The summed E-state index contributed by atoms with van der Waals surface area (Å²) in [5, 5.41) is 3.92. The molecule has 2 aromatic carbocycles. The third-order valence-corrected chi connectivity index (χ3v) is 4.35. The van der Waals surface area contributed by atoms with Crippen molar-refractivity contribution in [2.24, 2.45) is 0 Å². The zero-order valence-electron chi connectivity index (χ0n) is 11.1. The second kappa shape index (κ2) is 5.80. The Kier molecular flexibility index (Phi) is 3.88. The number of hydrogen-bond acceptors (Lipinski definition) is 1. The lowest BCUT2D eigenvalue weighted by Gasteiger charge is -2.05. The fourth-order valence-electron chi connectivity index (χ4n) is 2.42. The molecule has 3 heteroatoms. The molecule has 2 aromatic rings. The van der Waals surface area contributed by atoms with Crippen molar-refractivity contribution in [1.82, 2.24) is 5.32 Å². The summed E-state index contributed by atoms with van der Waals surface area (Å²) >= 11 is 3.40. The van der Waals surface area contributed by atoms with E-state index in [0.717, 1.165) is 17.3 Å². The van der Waals surface area contributed by atoms with Gasteiger partial charge in [-0.2, -0.15) is 0 Å². The maximum atomic E-state index is 12.1. The minimum absolute atomic E-state index is 0.0227. The van der Waals surface area contributed by atoms with Gasteiger partial charge in [-0.05, 0) is 29.7 Å². The molecule has 20 heavy (non-hydrogen) atoms. The first-order valence-corrected chi connectivity index (χ1v) is 7.91. The highest BCUT2D eigenvalue weighted by Crippen LogP contribution is 2.40. The van der Waals surface area contributed by atoms with Crippen LogP contribution in [0, 0.1) is 0 Å². The quantitative estimate of drug-likeness (QED) is 0.847. The molecule has 2 unspecified atom stereocenters. The van der Waals surface area contributed by atoms with Gasteiger partial charge in [-0.3, -0.25) is 4.79 Å². The zero-order chi connectivity index (χ0) is 13.9. The number of benzene rings is 2. The van der Waals surface area contributed by atoms with Crippen LogP contribution >= 0.6 is 15.9 Å². The molecular weight excluding hydrogens is 314 g/mol. The van der Waals surface area contributed by atoms with Gasteiger partial charge in [0.1, 0.15) is 0 Å². The molecule has 0 spiro atoms. The highest BCUT2D eigenvalue weighted by molar-refractivity contribution is 9.08. The highest BCUT2D eigenvalue weighted by Gasteiger charge is 2.39. The molecule has 2 atom stereocenters. The average Bonchev–Trinajstić information content (AvgIpc) is 3.27. The Labute approximate surface area is 127 Å². The van der Waals surface area contributed by atoms with Crippen LogP contribution in [-0.4, -0.2) is 11.9 Å². The van der Waals surface area contributed by atoms with Gasteiger partial charge in [0.2, 0.25) is 0 Å². The van der Waals surface area contributed by atoms with E-state index in [1.165, 1.54) is 11.1 Å². The van der Waals surface area contributed by atoms with E-state index in [1.807, 2.05) is 42.5 Å². The first-order chi connectivity index (χ1) is 9.78. The Hall–Kier alpha value is -1.61. The number of carbonyl (C=O) groups excluding carboxylic acids is 1. The lowest BCUT2D eigenvalue weighted by atomic mass is 10.1. The second-order valence-electron chi connectivity index (χ2n) is 5.16. The summed E-state index contributed by atoms with van der Waals surface area (Å²) in [5.41, 5.74) is 3.22. The Morgan fingerprint density at radius 2 is 1.80 bits per heavy atom. The summed E-state index contributed by atoms with van der Waals surface area (Å²) in [7, 11) is 0. The van der Waals surface area contributed by atoms with Crippen molar-refractivity contribution >= 4 is 21.8 Å². The minimum Gasteiger partial charge on any atom is -0.349 e. The molecule has 0 heterocycles. The lowest BCUT2D eigenvalue weighted by Crippen LogP contribution is -2.26. The fourth-order valence-corrected chi connectivity index (χ4v) is 2.79. The standard InChI is InChI=1S/C17H16BrNO/c18-11-12-6-8-14(9-7-12)17(20)19-16-10-15(16)13-4-2-1-3-5-13/h1-9,15-16H,10-11H2,(H,19,20). The van der Waals surface area contributed by atoms with Gasteiger partial charge in [-0.15, -0.1) is 0 Å². The van der Waals surface area contributed by atoms with Gasteiger partial charge in [-0.1, -0.05) is 58.4 Å². The first kappa shape index (κ1) is 13.4. The van der Waals surface area contributed by atoms with Gasteiger partial charge in [0.15, 0.2) is 0 Å². The van der Waals surface area contributed by atoms with Gasteiger partial charge in [0.25, 0.3) is 5.91 Å². The fraction of sp³-hybridized carbons (Fsp3) is 0.235. The summed E-state index contributed by atoms with van der Waals surface area (Å²) in [6.07, 6.45) is 1.04. The van der Waals surface area contributed by atoms with Crippen molar-refractivity contribution in [1.29, 1.82) is 0 Å². The number of hydrogen-bond donors (Lipinski definition) is 1. The van der Waals surface area contributed by atoms with Gasteiger partial charge in [-0.25, -0.2) is 0 Å². The monoisotopic (exact) mass is 329 g/mol. The molecule has 102 valence electrons. The second-order valence-corrected chi connectivity index (χ2v) is 5.72. The maximum Gasteiger partial charge on any atom is 0.251 e. The van der Waals surface area contributed by atoms with Crippen molar-refractivity contribution in [3.05, 3.63) is 71.3 Å². The topological polar surface area (TPSA) is 29.1 Å². The van der Waals surface area contributed by atoms with Crippen LogP contribution in [0.15, 0.2) is 54.6 Å². The molecule has 1 aliphatic carbocycles. The Balaban J connectivity index is 1.60. The molecule has 0 bridgehead atoms. The van der Waals surface area contributed by atoms with Crippen LogP contribution in [-0.2, 0) is 5.33 Å². The summed E-state index contributed by atoms with van der Waals surface area (Å²) in [5.74, 6) is 0.497. The molecule has 0 saturated heterocycles. The van der Waals surface area contributed by atoms with Gasteiger partial charge < -0.3 is 5.32 Å². The van der Waals surface area contributed by atoms with Crippen LogP contribution in [0.1, 0.15) is 33.8 Å². The van der Waals surface area contributed by atoms with Crippen LogP contribution in [0.5, 0.6) is 0 Å². The van der Waals surface area contributed by atoms with Crippen molar-refractivity contribution in [3.8, 4) is 0 Å². The van der Waals surface area contributed by atoms with E-state index in [2.05, 4.69) is 33.4 Å². The van der Waals surface area contributed by atoms with Crippen LogP contribution in [0.4, 0.5) is 0 Å². The lowest BCUT2D eigenvalue weighted by molar-refractivity contribution is 0.0950. The smallest absolute Gasteiger partial charge is 0.251 e.